The average molecular weight is 439 g/mol. The first-order chi connectivity index (χ1) is 16.0. The van der Waals surface area contributed by atoms with Crippen molar-refractivity contribution in [1.29, 1.82) is 0 Å². The first-order valence-corrected chi connectivity index (χ1v) is 11.2. The SMILES string of the molecule is CC1CC(O)CC(n2c3ccccc3c3c4c(c5c6ccccc6[nH]c5c32)C(=O)NC4=O)O1. The van der Waals surface area contributed by atoms with Gasteiger partial charge >= 0.3 is 0 Å². The number of nitrogens with zero attached hydrogens (tertiary/aromatic N) is 1. The van der Waals surface area contributed by atoms with Crippen LogP contribution in [0, 0.1) is 0 Å². The highest BCUT2D eigenvalue weighted by Gasteiger charge is 2.37. The van der Waals surface area contributed by atoms with Crippen molar-refractivity contribution in [2.75, 3.05) is 0 Å². The third kappa shape index (κ3) is 2.40. The smallest absolute Gasteiger partial charge is 0.259 e. The number of aromatic amines is 1. The Morgan fingerprint density at radius 3 is 2.42 bits per heavy atom. The molecule has 3 unspecified atom stereocenters. The van der Waals surface area contributed by atoms with E-state index in [1.54, 1.807) is 0 Å². The van der Waals surface area contributed by atoms with Gasteiger partial charge in [-0.15, -0.1) is 0 Å². The minimum absolute atomic E-state index is 0.104. The van der Waals surface area contributed by atoms with E-state index in [0.29, 0.717) is 24.0 Å². The van der Waals surface area contributed by atoms with Crippen LogP contribution in [-0.4, -0.2) is 38.7 Å². The first kappa shape index (κ1) is 18.8. The topological polar surface area (TPSA) is 96.4 Å². The van der Waals surface area contributed by atoms with Crippen LogP contribution in [0.15, 0.2) is 48.5 Å². The number of aliphatic hydroxyl groups excluding tert-OH is 1. The first-order valence-electron chi connectivity index (χ1n) is 11.2. The predicted molar refractivity (Wildman–Crippen MR) is 125 cm³/mol. The van der Waals surface area contributed by atoms with Crippen molar-refractivity contribution in [3.8, 4) is 0 Å². The lowest BCUT2D eigenvalue weighted by Crippen LogP contribution is -2.32. The van der Waals surface area contributed by atoms with Gasteiger partial charge in [0.2, 0.25) is 0 Å². The Balaban J connectivity index is 1.75. The van der Waals surface area contributed by atoms with Crippen molar-refractivity contribution in [3.63, 3.8) is 0 Å². The van der Waals surface area contributed by atoms with E-state index in [1.807, 2.05) is 55.5 Å². The maximum atomic E-state index is 13.1. The van der Waals surface area contributed by atoms with E-state index < -0.39 is 12.3 Å². The third-order valence-electron chi connectivity index (χ3n) is 7.04. The second kappa shape index (κ2) is 6.43. The quantitative estimate of drug-likeness (QED) is 0.338. The molecule has 3 atom stereocenters. The number of fused-ring (bicyclic) bond motifs is 10. The van der Waals surface area contributed by atoms with Gasteiger partial charge < -0.3 is 19.4 Å². The molecule has 0 spiro atoms. The fourth-order valence-corrected chi connectivity index (χ4v) is 5.83. The number of benzene rings is 3. The second-order valence-corrected chi connectivity index (χ2v) is 9.09. The monoisotopic (exact) mass is 439 g/mol. The molecule has 2 aromatic heterocycles. The zero-order chi connectivity index (χ0) is 22.4. The van der Waals surface area contributed by atoms with Crippen molar-refractivity contribution < 1.29 is 19.4 Å². The van der Waals surface area contributed by atoms with Crippen LogP contribution in [0.1, 0.15) is 46.7 Å². The number of amides is 2. The predicted octanol–water partition coefficient (Wildman–Crippen LogP) is 4.37. The minimum atomic E-state index is -0.479. The number of rotatable bonds is 1. The lowest BCUT2D eigenvalue weighted by Gasteiger charge is -2.33. The summed E-state index contributed by atoms with van der Waals surface area (Å²) in [4.78, 5) is 29.6. The molecule has 1 saturated heterocycles. The average Bonchev–Trinajstić information content (AvgIpc) is 3.42. The molecular weight excluding hydrogens is 418 g/mol. The van der Waals surface area contributed by atoms with Crippen LogP contribution >= 0.6 is 0 Å². The number of hydrogen-bond donors (Lipinski definition) is 3. The normalized spacial score (nSPS) is 23.2. The Morgan fingerprint density at radius 2 is 1.64 bits per heavy atom. The zero-order valence-electron chi connectivity index (χ0n) is 17.9. The molecule has 5 aromatic rings. The van der Waals surface area contributed by atoms with Gasteiger partial charge in [-0.1, -0.05) is 36.4 Å². The highest BCUT2D eigenvalue weighted by atomic mass is 16.5. The van der Waals surface area contributed by atoms with E-state index in [-0.39, 0.29) is 17.9 Å². The van der Waals surface area contributed by atoms with Crippen LogP contribution in [0.5, 0.6) is 0 Å². The Kier molecular flexibility index (Phi) is 3.67. The molecule has 3 N–H and O–H groups in total. The van der Waals surface area contributed by atoms with Gasteiger partial charge in [0, 0.05) is 33.5 Å². The number of carbonyl (C=O) groups is 2. The number of imide groups is 1. The third-order valence-corrected chi connectivity index (χ3v) is 7.04. The lowest BCUT2D eigenvalue weighted by atomic mass is 9.96. The molecular formula is C26H21N3O4. The number of aromatic nitrogens is 2. The van der Waals surface area contributed by atoms with Gasteiger partial charge in [-0.2, -0.15) is 0 Å². The summed E-state index contributed by atoms with van der Waals surface area (Å²) >= 11 is 0. The van der Waals surface area contributed by atoms with Crippen LogP contribution in [0.2, 0.25) is 0 Å². The Hall–Kier alpha value is -3.68. The number of hydrogen-bond acceptors (Lipinski definition) is 4. The van der Waals surface area contributed by atoms with Crippen molar-refractivity contribution in [3.05, 3.63) is 59.7 Å². The molecule has 7 heteroatoms. The fourth-order valence-electron chi connectivity index (χ4n) is 5.83. The van der Waals surface area contributed by atoms with Gasteiger partial charge in [-0.25, -0.2) is 0 Å². The molecule has 3 aromatic carbocycles. The van der Waals surface area contributed by atoms with Gasteiger partial charge in [0.25, 0.3) is 11.8 Å². The van der Waals surface area contributed by atoms with E-state index in [0.717, 1.165) is 43.6 Å². The van der Waals surface area contributed by atoms with Gasteiger partial charge in [0.05, 0.1) is 39.9 Å². The maximum Gasteiger partial charge on any atom is 0.259 e. The van der Waals surface area contributed by atoms with Crippen LogP contribution in [-0.2, 0) is 4.74 Å². The number of ether oxygens (including phenoxy) is 1. The molecule has 1 fully saturated rings. The lowest BCUT2D eigenvalue weighted by molar-refractivity contribution is -0.118. The molecule has 2 amide bonds. The summed E-state index contributed by atoms with van der Waals surface area (Å²) in [7, 11) is 0. The summed E-state index contributed by atoms with van der Waals surface area (Å²) in [6.07, 6.45) is 0.0444. The van der Waals surface area contributed by atoms with Crippen LogP contribution in [0.4, 0.5) is 0 Å². The molecule has 7 nitrogen and oxygen atoms in total. The number of nitrogens with one attached hydrogen (secondary N) is 2. The summed E-state index contributed by atoms with van der Waals surface area (Å²) in [5.41, 5.74) is 4.23. The molecule has 0 saturated carbocycles. The van der Waals surface area contributed by atoms with Crippen LogP contribution in [0.3, 0.4) is 0 Å². The molecule has 164 valence electrons. The van der Waals surface area contributed by atoms with Crippen molar-refractivity contribution in [1.82, 2.24) is 14.9 Å². The minimum Gasteiger partial charge on any atom is -0.393 e. The second-order valence-electron chi connectivity index (χ2n) is 9.09. The molecule has 2 aliphatic rings. The van der Waals surface area contributed by atoms with E-state index in [1.165, 1.54) is 0 Å². The van der Waals surface area contributed by atoms with E-state index in [4.69, 9.17) is 4.74 Å². The molecule has 0 aliphatic carbocycles. The van der Waals surface area contributed by atoms with Crippen molar-refractivity contribution >= 4 is 55.4 Å². The van der Waals surface area contributed by atoms with Crippen molar-refractivity contribution in [2.24, 2.45) is 0 Å². The van der Waals surface area contributed by atoms with Crippen molar-refractivity contribution in [2.45, 2.75) is 38.2 Å². The summed E-state index contributed by atoms with van der Waals surface area (Å²) in [5, 5.41) is 16.3. The van der Waals surface area contributed by atoms with Crippen LogP contribution < -0.4 is 5.32 Å². The molecule has 2 aliphatic heterocycles. The Bertz CT molecular complexity index is 1650. The Morgan fingerprint density at radius 1 is 0.939 bits per heavy atom. The van der Waals surface area contributed by atoms with Gasteiger partial charge in [0.1, 0.15) is 6.23 Å². The number of aliphatic hydroxyl groups is 1. The number of H-pyrrole nitrogens is 1. The standard InChI is InChI=1S/C26H21N3O4/c1-12-10-13(30)11-18(33-12)29-17-9-5-3-7-15(17)20-22-21(25(31)28-26(22)32)19-14-6-2-4-8-16(14)27-23(19)24(20)29/h2-9,12-13,18,27,30H,10-11H2,1H3,(H,28,31,32). The fraction of sp³-hybridized carbons (Fsp3) is 0.231. The molecule has 0 bridgehead atoms. The Labute approximate surface area is 187 Å². The highest BCUT2D eigenvalue weighted by molar-refractivity contribution is 6.39. The van der Waals surface area contributed by atoms with E-state index in [2.05, 4.69) is 14.9 Å². The molecule has 4 heterocycles. The summed E-state index contributed by atoms with van der Waals surface area (Å²) in [6, 6.07) is 15.7. The highest BCUT2D eigenvalue weighted by Crippen LogP contribution is 2.45. The molecule has 33 heavy (non-hydrogen) atoms. The number of carbonyl (C=O) groups excluding carboxylic acids is 2. The molecule has 7 rings (SSSR count). The zero-order valence-corrected chi connectivity index (χ0v) is 17.9. The van der Waals surface area contributed by atoms with E-state index in [9.17, 15) is 14.7 Å². The maximum absolute atomic E-state index is 13.1. The van der Waals surface area contributed by atoms with E-state index >= 15 is 0 Å². The van der Waals surface area contributed by atoms with Crippen LogP contribution in [0.25, 0.3) is 43.6 Å². The van der Waals surface area contributed by atoms with Gasteiger partial charge in [-0.05, 0) is 25.5 Å². The summed E-state index contributed by atoms with van der Waals surface area (Å²) in [6.45, 7) is 1.96. The number of para-hydroxylation sites is 2. The van der Waals surface area contributed by atoms with Gasteiger partial charge in [0.15, 0.2) is 0 Å². The van der Waals surface area contributed by atoms with Gasteiger partial charge in [-0.3, -0.25) is 14.9 Å². The summed E-state index contributed by atoms with van der Waals surface area (Å²) in [5.74, 6) is -0.755. The summed E-state index contributed by atoms with van der Waals surface area (Å²) < 4.78 is 8.42. The molecule has 0 radical (unpaired) electrons. The largest absolute Gasteiger partial charge is 0.393 e.